The van der Waals surface area contributed by atoms with E-state index in [1.807, 2.05) is 49.1 Å². The van der Waals surface area contributed by atoms with E-state index in [1.54, 1.807) is 0 Å². The molecule has 0 saturated carbocycles. The van der Waals surface area contributed by atoms with Gasteiger partial charge in [0.1, 0.15) is 0 Å². The zero-order chi connectivity index (χ0) is 14.5. The second-order valence-electron chi connectivity index (χ2n) is 4.36. The summed E-state index contributed by atoms with van der Waals surface area (Å²) < 4.78 is 1.83. The van der Waals surface area contributed by atoms with Crippen molar-refractivity contribution in [3.05, 3.63) is 41.7 Å². The van der Waals surface area contributed by atoms with Crippen LogP contribution in [0.15, 0.2) is 35.6 Å². The predicted octanol–water partition coefficient (Wildman–Crippen LogP) is 3.18. The number of rotatable bonds is 4. The first-order chi connectivity index (χ1) is 9.63. The standard InChI is InChI=1S/C14H19N5S.2ClH/c1-3-20-14(16)18-12-4-5-13(11(6-12)7-15)19-9-10(2)8-17-19;;/h4-6,8-9H,3,7,15H2,1-2H3,(H2,16,18);2*1H. The predicted molar refractivity (Wildman–Crippen MR) is 100 cm³/mol. The third-order valence-electron chi connectivity index (χ3n) is 2.77. The number of halogens is 2. The molecule has 2 rings (SSSR count). The first-order valence-corrected chi connectivity index (χ1v) is 7.44. The van der Waals surface area contributed by atoms with Crippen molar-refractivity contribution in [3.63, 3.8) is 0 Å². The number of aryl methyl sites for hydroxylation is 1. The smallest absolute Gasteiger partial charge is 0.159 e. The molecule has 0 aliphatic rings. The fraction of sp³-hybridized carbons (Fsp3) is 0.286. The number of aromatic nitrogens is 2. The molecule has 1 heterocycles. The Kier molecular flexibility index (Phi) is 9.20. The van der Waals surface area contributed by atoms with Gasteiger partial charge < -0.3 is 11.5 Å². The average Bonchev–Trinajstić information content (AvgIpc) is 2.85. The lowest BCUT2D eigenvalue weighted by Crippen LogP contribution is -2.07. The van der Waals surface area contributed by atoms with E-state index in [1.165, 1.54) is 11.8 Å². The molecular formula is C14H21Cl2N5S. The first kappa shape index (κ1) is 20.8. The second-order valence-corrected chi connectivity index (χ2v) is 5.65. The molecule has 0 bridgehead atoms. The van der Waals surface area contributed by atoms with Crippen LogP contribution in [0.25, 0.3) is 5.69 Å². The van der Waals surface area contributed by atoms with Crippen LogP contribution < -0.4 is 11.5 Å². The molecule has 1 aromatic carbocycles. The van der Waals surface area contributed by atoms with Crippen molar-refractivity contribution >= 4 is 47.4 Å². The molecule has 5 nitrogen and oxygen atoms in total. The van der Waals surface area contributed by atoms with E-state index in [0.29, 0.717) is 11.7 Å². The Morgan fingerprint density at radius 1 is 1.36 bits per heavy atom. The van der Waals surface area contributed by atoms with Gasteiger partial charge in [-0.2, -0.15) is 5.10 Å². The molecule has 1 aromatic heterocycles. The van der Waals surface area contributed by atoms with Gasteiger partial charge in [0.25, 0.3) is 0 Å². The maximum atomic E-state index is 5.83. The first-order valence-electron chi connectivity index (χ1n) is 6.45. The van der Waals surface area contributed by atoms with Gasteiger partial charge in [-0.05, 0) is 42.0 Å². The van der Waals surface area contributed by atoms with Gasteiger partial charge in [0.2, 0.25) is 0 Å². The number of thioether (sulfide) groups is 1. The summed E-state index contributed by atoms with van der Waals surface area (Å²) in [5.74, 6) is 0.906. The Balaban J connectivity index is 0.00000220. The summed E-state index contributed by atoms with van der Waals surface area (Å²) in [4.78, 5) is 4.37. The normalized spacial score (nSPS) is 10.8. The van der Waals surface area contributed by atoms with E-state index < -0.39 is 0 Å². The van der Waals surface area contributed by atoms with E-state index in [4.69, 9.17) is 11.5 Å². The molecule has 4 N–H and O–H groups in total. The van der Waals surface area contributed by atoms with Gasteiger partial charge in [-0.25, -0.2) is 9.67 Å². The van der Waals surface area contributed by atoms with Gasteiger partial charge in [-0.15, -0.1) is 24.8 Å². The van der Waals surface area contributed by atoms with E-state index >= 15 is 0 Å². The van der Waals surface area contributed by atoms with Crippen LogP contribution in [0.1, 0.15) is 18.1 Å². The Morgan fingerprint density at radius 3 is 2.64 bits per heavy atom. The zero-order valence-electron chi connectivity index (χ0n) is 12.5. The number of hydrogen-bond donors (Lipinski definition) is 2. The van der Waals surface area contributed by atoms with Crippen LogP contribution in [0.2, 0.25) is 0 Å². The van der Waals surface area contributed by atoms with E-state index in [0.717, 1.165) is 28.3 Å². The fourth-order valence-corrected chi connectivity index (χ4v) is 2.35. The van der Waals surface area contributed by atoms with Gasteiger partial charge in [0.15, 0.2) is 5.17 Å². The zero-order valence-corrected chi connectivity index (χ0v) is 15.0. The summed E-state index contributed by atoms with van der Waals surface area (Å²) in [7, 11) is 0. The largest absolute Gasteiger partial charge is 0.378 e. The summed E-state index contributed by atoms with van der Waals surface area (Å²) in [5.41, 5.74) is 15.5. The number of amidine groups is 1. The number of aliphatic imine (C=N–C) groups is 1. The highest BCUT2D eigenvalue weighted by molar-refractivity contribution is 8.13. The van der Waals surface area contributed by atoms with Crippen LogP contribution in [-0.4, -0.2) is 20.7 Å². The Morgan fingerprint density at radius 2 is 2.09 bits per heavy atom. The minimum absolute atomic E-state index is 0. The second kappa shape index (κ2) is 9.74. The number of hydrogen-bond acceptors (Lipinski definition) is 4. The van der Waals surface area contributed by atoms with E-state index in [-0.39, 0.29) is 24.8 Å². The van der Waals surface area contributed by atoms with Crippen LogP contribution in [0, 0.1) is 6.92 Å². The van der Waals surface area contributed by atoms with Crippen molar-refractivity contribution in [2.24, 2.45) is 16.5 Å². The number of benzene rings is 1. The average molecular weight is 362 g/mol. The van der Waals surface area contributed by atoms with Gasteiger partial charge in [0.05, 0.1) is 17.6 Å². The highest BCUT2D eigenvalue weighted by Crippen LogP contribution is 2.22. The van der Waals surface area contributed by atoms with Crippen molar-refractivity contribution < 1.29 is 0 Å². The molecule has 0 spiro atoms. The molecule has 0 radical (unpaired) electrons. The van der Waals surface area contributed by atoms with Crippen molar-refractivity contribution in [3.8, 4) is 5.69 Å². The molecule has 22 heavy (non-hydrogen) atoms. The lowest BCUT2D eigenvalue weighted by Gasteiger charge is -2.09. The SMILES string of the molecule is CCSC(N)=Nc1ccc(-n2cc(C)cn2)c(CN)c1.Cl.Cl. The molecule has 0 unspecified atom stereocenters. The summed E-state index contributed by atoms with van der Waals surface area (Å²) >= 11 is 1.52. The lowest BCUT2D eigenvalue weighted by molar-refractivity contribution is 0.858. The van der Waals surface area contributed by atoms with Gasteiger partial charge in [0, 0.05) is 12.7 Å². The molecule has 0 amide bonds. The molecule has 2 aromatic rings. The monoisotopic (exact) mass is 361 g/mol. The maximum absolute atomic E-state index is 5.83. The Hall–Kier alpha value is -1.21. The topological polar surface area (TPSA) is 82.2 Å². The van der Waals surface area contributed by atoms with Gasteiger partial charge in [-0.3, -0.25) is 0 Å². The van der Waals surface area contributed by atoms with Crippen molar-refractivity contribution in [2.45, 2.75) is 20.4 Å². The van der Waals surface area contributed by atoms with Crippen molar-refractivity contribution in [1.82, 2.24) is 9.78 Å². The Bertz CT molecular complexity index is 627. The summed E-state index contributed by atoms with van der Waals surface area (Å²) in [5, 5.41) is 4.88. The van der Waals surface area contributed by atoms with Crippen LogP contribution in [0.3, 0.4) is 0 Å². The molecule has 0 aliphatic heterocycles. The van der Waals surface area contributed by atoms with Gasteiger partial charge in [-0.1, -0.05) is 18.7 Å². The molecule has 0 aliphatic carbocycles. The molecule has 0 atom stereocenters. The van der Waals surface area contributed by atoms with Crippen molar-refractivity contribution in [1.29, 1.82) is 0 Å². The van der Waals surface area contributed by atoms with Crippen LogP contribution in [0.5, 0.6) is 0 Å². The molecular weight excluding hydrogens is 341 g/mol. The van der Waals surface area contributed by atoms with E-state index in [9.17, 15) is 0 Å². The Labute approximate surface area is 147 Å². The van der Waals surface area contributed by atoms with Crippen molar-refractivity contribution in [2.75, 3.05) is 5.75 Å². The van der Waals surface area contributed by atoms with Crippen LogP contribution >= 0.6 is 36.6 Å². The summed E-state index contributed by atoms with van der Waals surface area (Å²) in [6.07, 6.45) is 3.79. The van der Waals surface area contributed by atoms with Crippen LogP contribution in [0.4, 0.5) is 5.69 Å². The van der Waals surface area contributed by atoms with Gasteiger partial charge >= 0.3 is 0 Å². The molecule has 0 fully saturated rings. The minimum atomic E-state index is 0. The third kappa shape index (κ3) is 5.21. The quantitative estimate of drug-likeness (QED) is 0.646. The minimum Gasteiger partial charge on any atom is -0.378 e. The summed E-state index contributed by atoms with van der Waals surface area (Å²) in [6.45, 7) is 4.48. The summed E-state index contributed by atoms with van der Waals surface area (Å²) in [6, 6.07) is 5.85. The molecule has 0 saturated heterocycles. The third-order valence-corrected chi connectivity index (χ3v) is 3.45. The molecule has 122 valence electrons. The fourth-order valence-electron chi connectivity index (χ4n) is 1.88. The molecule has 8 heteroatoms. The van der Waals surface area contributed by atoms with E-state index in [2.05, 4.69) is 10.1 Å². The maximum Gasteiger partial charge on any atom is 0.159 e. The number of nitrogens with zero attached hydrogens (tertiary/aromatic N) is 3. The lowest BCUT2D eigenvalue weighted by atomic mass is 10.1. The number of nitrogens with two attached hydrogens (primary N) is 2. The highest BCUT2D eigenvalue weighted by atomic mass is 35.5. The highest BCUT2D eigenvalue weighted by Gasteiger charge is 2.06. The van der Waals surface area contributed by atoms with Crippen LogP contribution in [-0.2, 0) is 6.54 Å².